The predicted molar refractivity (Wildman–Crippen MR) is 101 cm³/mol. The third-order valence-corrected chi connectivity index (χ3v) is 3.64. The fourth-order valence-electron chi connectivity index (χ4n) is 2.37. The van der Waals surface area contributed by atoms with Gasteiger partial charge in [-0.15, -0.1) is 0 Å². The van der Waals surface area contributed by atoms with E-state index in [1.165, 1.54) is 0 Å². The number of carbonyl (C=O) groups is 1. The van der Waals surface area contributed by atoms with Crippen LogP contribution in [0.5, 0.6) is 5.75 Å². The minimum atomic E-state index is -0.194. The fraction of sp³-hybridized carbons (Fsp3) is 0.150. The van der Waals surface area contributed by atoms with E-state index in [1.54, 1.807) is 30.7 Å². The highest BCUT2D eigenvalue weighted by Gasteiger charge is 2.08. The van der Waals surface area contributed by atoms with Crippen molar-refractivity contribution < 1.29 is 9.53 Å². The van der Waals surface area contributed by atoms with Gasteiger partial charge >= 0.3 is 0 Å². The van der Waals surface area contributed by atoms with Gasteiger partial charge in [0.05, 0.1) is 6.61 Å². The highest BCUT2D eigenvalue weighted by molar-refractivity contribution is 6.04. The van der Waals surface area contributed by atoms with Crippen molar-refractivity contribution in [3.8, 4) is 5.75 Å². The number of nitrogens with zero attached hydrogens (tertiary/aromatic N) is 2. The van der Waals surface area contributed by atoms with Gasteiger partial charge in [0, 0.05) is 36.4 Å². The van der Waals surface area contributed by atoms with Gasteiger partial charge in [-0.2, -0.15) is 0 Å². The van der Waals surface area contributed by atoms with E-state index >= 15 is 0 Å². The quantitative estimate of drug-likeness (QED) is 0.680. The topological polar surface area (TPSA) is 76.1 Å². The zero-order valence-corrected chi connectivity index (χ0v) is 14.5. The summed E-state index contributed by atoms with van der Waals surface area (Å²) in [4.78, 5) is 20.8. The van der Waals surface area contributed by atoms with Crippen LogP contribution in [0.2, 0.25) is 0 Å². The minimum Gasteiger partial charge on any atom is -0.494 e. The zero-order chi connectivity index (χ0) is 18.2. The molecule has 2 aromatic heterocycles. The van der Waals surface area contributed by atoms with Crippen molar-refractivity contribution in [2.75, 3.05) is 17.2 Å². The first-order valence-corrected chi connectivity index (χ1v) is 8.37. The summed E-state index contributed by atoms with van der Waals surface area (Å²) in [5.74, 6) is 1.21. The normalized spacial score (nSPS) is 10.2. The summed E-state index contributed by atoms with van der Waals surface area (Å²) in [6.07, 6.45) is 5.13. The van der Waals surface area contributed by atoms with Crippen LogP contribution in [0, 0.1) is 0 Å². The van der Waals surface area contributed by atoms with Gasteiger partial charge in [-0.25, -0.2) is 4.98 Å². The van der Waals surface area contributed by atoms with E-state index in [9.17, 15) is 4.79 Å². The second-order valence-electron chi connectivity index (χ2n) is 5.56. The Hall–Kier alpha value is -3.41. The molecule has 0 atom stereocenters. The van der Waals surface area contributed by atoms with E-state index in [2.05, 4.69) is 20.6 Å². The number of ether oxygens (including phenoxy) is 1. The van der Waals surface area contributed by atoms with E-state index in [1.807, 2.05) is 43.3 Å². The SMILES string of the molecule is CCOc1ccc(NC(=O)c2ccnc(NCc3cccnc3)c2)cc1. The van der Waals surface area contributed by atoms with Crippen molar-refractivity contribution >= 4 is 17.4 Å². The molecule has 0 radical (unpaired) electrons. The van der Waals surface area contributed by atoms with Crippen LogP contribution in [-0.2, 0) is 6.54 Å². The first-order chi connectivity index (χ1) is 12.7. The summed E-state index contributed by atoms with van der Waals surface area (Å²) in [6.45, 7) is 3.13. The number of hydrogen-bond acceptors (Lipinski definition) is 5. The Morgan fingerprint density at radius 2 is 1.96 bits per heavy atom. The average Bonchev–Trinajstić information content (AvgIpc) is 2.69. The Bertz CT molecular complexity index is 851. The van der Waals surface area contributed by atoms with Crippen LogP contribution in [0.3, 0.4) is 0 Å². The predicted octanol–water partition coefficient (Wildman–Crippen LogP) is 3.74. The van der Waals surface area contributed by atoms with Crippen molar-refractivity contribution in [3.05, 3.63) is 78.2 Å². The summed E-state index contributed by atoms with van der Waals surface area (Å²) in [5.41, 5.74) is 2.28. The molecule has 1 amide bonds. The average molecular weight is 348 g/mol. The molecule has 1 aromatic carbocycles. The number of benzene rings is 1. The van der Waals surface area contributed by atoms with Crippen LogP contribution in [0.15, 0.2) is 67.1 Å². The second kappa shape index (κ2) is 8.62. The van der Waals surface area contributed by atoms with Crippen molar-refractivity contribution in [3.63, 3.8) is 0 Å². The second-order valence-corrected chi connectivity index (χ2v) is 5.56. The molecule has 132 valence electrons. The van der Waals surface area contributed by atoms with E-state index in [-0.39, 0.29) is 5.91 Å². The lowest BCUT2D eigenvalue weighted by Crippen LogP contribution is -2.12. The Balaban J connectivity index is 1.62. The lowest BCUT2D eigenvalue weighted by molar-refractivity contribution is 0.102. The van der Waals surface area contributed by atoms with Crippen LogP contribution in [0.4, 0.5) is 11.5 Å². The number of rotatable bonds is 7. The van der Waals surface area contributed by atoms with E-state index in [4.69, 9.17) is 4.74 Å². The lowest BCUT2D eigenvalue weighted by Gasteiger charge is -2.09. The number of aromatic nitrogens is 2. The van der Waals surface area contributed by atoms with Crippen molar-refractivity contribution in [1.29, 1.82) is 0 Å². The summed E-state index contributed by atoms with van der Waals surface area (Å²) in [7, 11) is 0. The third-order valence-electron chi connectivity index (χ3n) is 3.64. The van der Waals surface area contributed by atoms with Gasteiger partial charge < -0.3 is 15.4 Å². The molecule has 0 aliphatic rings. The molecule has 3 rings (SSSR count). The fourth-order valence-corrected chi connectivity index (χ4v) is 2.37. The molecule has 0 unspecified atom stereocenters. The van der Waals surface area contributed by atoms with Gasteiger partial charge in [-0.05, 0) is 55.0 Å². The minimum absolute atomic E-state index is 0.194. The van der Waals surface area contributed by atoms with Gasteiger partial charge in [-0.1, -0.05) is 6.07 Å². The number of amides is 1. The molecule has 0 aliphatic heterocycles. The third kappa shape index (κ3) is 4.80. The number of anilines is 2. The van der Waals surface area contributed by atoms with E-state index in [0.717, 1.165) is 11.3 Å². The van der Waals surface area contributed by atoms with Crippen LogP contribution in [0.1, 0.15) is 22.8 Å². The molecular weight excluding hydrogens is 328 g/mol. The standard InChI is InChI=1S/C20H20N4O2/c1-2-26-18-7-5-17(6-8-18)24-20(25)16-9-11-22-19(12-16)23-14-15-4-3-10-21-13-15/h3-13H,2,14H2,1H3,(H,22,23)(H,24,25). The summed E-state index contributed by atoms with van der Waals surface area (Å²) >= 11 is 0. The molecule has 2 heterocycles. The van der Waals surface area contributed by atoms with Crippen LogP contribution >= 0.6 is 0 Å². The number of pyridine rings is 2. The first-order valence-electron chi connectivity index (χ1n) is 8.37. The summed E-state index contributed by atoms with van der Waals surface area (Å²) in [5, 5.41) is 6.06. The van der Waals surface area contributed by atoms with Crippen LogP contribution < -0.4 is 15.4 Å². The molecule has 0 fully saturated rings. The molecular formula is C20H20N4O2. The molecule has 2 N–H and O–H groups in total. The maximum absolute atomic E-state index is 12.4. The van der Waals surface area contributed by atoms with E-state index in [0.29, 0.717) is 30.2 Å². The largest absolute Gasteiger partial charge is 0.494 e. The van der Waals surface area contributed by atoms with Gasteiger partial charge in [0.25, 0.3) is 5.91 Å². The monoisotopic (exact) mass is 348 g/mol. The lowest BCUT2D eigenvalue weighted by atomic mass is 10.2. The van der Waals surface area contributed by atoms with Gasteiger partial charge in [0.2, 0.25) is 0 Å². The van der Waals surface area contributed by atoms with Crippen LogP contribution in [0.25, 0.3) is 0 Å². The molecule has 0 spiro atoms. The van der Waals surface area contributed by atoms with Gasteiger partial charge in [-0.3, -0.25) is 9.78 Å². The van der Waals surface area contributed by atoms with Crippen molar-refractivity contribution in [2.24, 2.45) is 0 Å². The maximum atomic E-state index is 12.4. The highest BCUT2D eigenvalue weighted by Crippen LogP contribution is 2.17. The Kier molecular flexibility index (Phi) is 5.77. The van der Waals surface area contributed by atoms with Gasteiger partial charge in [0.1, 0.15) is 11.6 Å². The molecule has 0 aliphatic carbocycles. The molecule has 26 heavy (non-hydrogen) atoms. The zero-order valence-electron chi connectivity index (χ0n) is 14.5. The Morgan fingerprint density at radius 1 is 1.12 bits per heavy atom. The Morgan fingerprint density at radius 3 is 2.69 bits per heavy atom. The summed E-state index contributed by atoms with van der Waals surface area (Å²) in [6, 6.07) is 14.5. The maximum Gasteiger partial charge on any atom is 0.255 e. The molecule has 0 saturated carbocycles. The first kappa shape index (κ1) is 17.4. The molecule has 6 nitrogen and oxygen atoms in total. The molecule has 0 bridgehead atoms. The molecule has 0 saturated heterocycles. The Labute approximate surface area is 152 Å². The van der Waals surface area contributed by atoms with Gasteiger partial charge in [0.15, 0.2) is 0 Å². The van der Waals surface area contributed by atoms with Crippen LogP contribution in [-0.4, -0.2) is 22.5 Å². The highest BCUT2D eigenvalue weighted by atomic mass is 16.5. The number of hydrogen-bond donors (Lipinski definition) is 2. The number of carbonyl (C=O) groups excluding carboxylic acids is 1. The summed E-state index contributed by atoms with van der Waals surface area (Å²) < 4.78 is 5.40. The van der Waals surface area contributed by atoms with Crippen molar-refractivity contribution in [1.82, 2.24) is 9.97 Å². The van der Waals surface area contributed by atoms with E-state index < -0.39 is 0 Å². The van der Waals surface area contributed by atoms with Crippen molar-refractivity contribution in [2.45, 2.75) is 13.5 Å². The molecule has 3 aromatic rings. The number of nitrogens with one attached hydrogen (secondary N) is 2. The molecule has 6 heteroatoms. The smallest absolute Gasteiger partial charge is 0.255 e.